The van der Waals surface area contributed by atoms with Crippen molar-refractivity contribution in [3.8, 4) is 0 Å². The van der Waals surface area contributed by atoms with Gasteiger partial charge in [-0.25, -0.2) is 0 Å². The van der Waals surface area contributed by atoms with Crippen LogP contribution in [0.4, 0.5) is 0 Å². The van der Waals surface area contributed by atoms with Gasteiger partial charge in [-0.2, -0.15) is 0 Å². The van der Waals surface area contributed by atoms with Crippen LogP contribution in [0.2, 0.25) is 0 Å². The highest BCUT2D eigenvalue weighted by molar-refractivity contribution is 5.93. The van der Waals surface area contributed by atoms with Crippen LogP contribution in [0.1, 0.15) is 23.2 Å². The van der Waals surface area contributed by atoms with Crippen molar-refractivity contribution in [3.63, 3.8) is 0 Å². The number of carbonyl (C=O) groups is 1. The summed E-state index contributed by atoms with van der Waals surface area (Å²) in [5.74, 6) is 0.379. The van der Waals surface area contributed by atoms with Crippen LogP contribution in [-0.4, -0.2) is 11.9 Å². The predicted octanol–water partition coefficient (Wildman–Crippen LogP) is 2.75. The Kier molecular flexibility index (Phi) is 3.78. The molecule has 2 aromatic heterocycles. The fraction of sp³-hybridized carbons (Fsp3) is 0.176. The molecule has 0 radical (unpaired) electrons. The lowest BCUT2D eigenvalue weighted by molar-refractivity contribution is 0.0912. The van der Waals surface area contributed by atoms with E-state index in [0.717, 1.165) is 5.76 Å². The van der Waals surface area contributed by atoms with E-state index in [1.165, 1.54) is 6.07 Å². The first-order chi connectivity index (χ1) is 10.6. The Labute approximate surface area is 126 Å². The molecule has 5 nitrogen and oxygen atoms in total. The number of fused-ring (bicyclic) bond motifs is 1. The van der Waals surface area contributed by atoms with E-state index in [1.807, 2.05) is 13.0 Å². The first-order valence-corrected chi connectivity index (χ1v) is 6.99. The normalized spacial score (nSPS) is 12.2. The highest BCUT2D eigenvalue weighted by Crippen LogP contribution is 2.12. The molecule has 0 bridgehead atoms. The van der Waals surface area contributed by atoms with Crippen LogP contribution in [0.3, 0.4) is 0 Å². The average Bonchev–Trinajstić information content (AvgIpc) is 3.00. The minimum absolute atomic E-state index is 0.00925. The maximum absolute atomic E-state index is 12.2. The van der Waals surface area contributed by atoms with E-state index in [-0.39, 0.29) is 17.2 Å². The van der Waals surface area contributed by atoms with Gasteiger partial charge in [-0.05, 0) is 31.2 Å². The lowest BCUT2D eigenvalue weighted by Crippen LogP contribution is -2.34. The molecule has 3 rings (SSSR count). The number of furan rings is 1. The SMILES string of the molecule is C[C@H](Cc1ccco1)NC(=O)c1cc(=O)c2ccccc2o1. The molecule has 0 fully saturated rings. The first-order valence-electron chi connectivity index (χ1n) is 6.99. The van der Waals surface area contributed by atoms with E-state index in [0.29, 0.717) is 17.4 Å². The van der Waals surface area contributed by atoms with Gasteiger partial charge in [0.05, 0.1) is 11.6 Å². The van der Waals surface area contributed by atoms with E-state index in [2.05, 4.69) is 5.32 Å². The van der Waals surface area contributed by atoms with E-state index in [1.54, 1.807) is 36.6 Å². The van der Waals surface area contributed by atoms with Crippen LogP contribution in [-0.2, 0) is 6.42 Å². The van der Waals surface area contributed by atoms with E-state index in [9.17, 15) is 9.59 Å². The Morgan fingerprint density at radius 3 is 2.82 bits per heavy atom. The molecule has 5 heteroatoms. The lowest BCUT2D eigenvalue weighted by atomic mass is 10.2. The summed E-state index contributed by atoms with van der Waals surface area (Å²) in [4.78, 5) is 24.2. The van der Waals surface area contributed by atoms with Gasteiger partial charge >= 0.3 is 0 Å². The first kappa shape index (κ1) is 14.1. The fourth-order valence-electron chi connectivity index (χ4n) is 2.29. The Hall–Kier alpha value is -2.82. The minimum Gasteiger partial charge on any atom is -0.469 e. The Bertz CT molecular complexity index is 848. The Balaban J connectivity index is 1.78. The quantitative estimate of drug-likeness (QED) is 0.803. The molecule has 0 aliphatic rings. The molecule has 22 heavy (non-hydrogen) atoms. The van der Waals surface area contributed by atoms with Gasteiger partial charge in [0, 0.05) is 18.5 Å². The van der Waals surface area contributed by atoms with E-state index in [4.69, 9.17) is 8.83 Å². The molecule has 1 aromatic carbocycles. The van der Waals surface area contributed by atoms with Crippen molar-refractivity contribution in [2.75, 3.05) is 0 Å². The monoisotopic (exact) mass is 297 g/mol. The Morgan fingerprint density at radius 1 is 1.23 bits per heavy atom. The van der Waals surface area contributed by atoms with Gasteiger partial charge in [-0.15, -0.1) is 0 Å². The molecule has 1 amide bonds. The number of nitrogens with one attached hydrogen (secondary N) is 1. The molecular formula is C17H15NO4. The zero-order valence-corrected chi connectivity index (χ0v) is 12.0. The summed E-state index contributed by atoms with van der Waals surface area (Å²) in [5, 5.41) is 3.26. The van der Waals surface area contributed by atoms with Crippen molar-refractivity contribution < 1.29 is 13.6 Å². The number of rotatable bonds is 4. The van der Waals surface area contributed by atoms with Gasteiger partial charge in [-0.1, -0.05) is 12.1 Å². The van der Waals surface area contributed by atoms with Crippen molar-refractivity contribution in [1.82, 2.24) is 5.32 Å². The van der Waals surface area contributed by atoms with Crippen molar-refractivity contribution in [3.05, 3.63) is 70.5 Å². The summed E-state index contributed by atoms with van der Waals surface area (Å²) < 4.78 is 10.7. The molecule has 0 aliphatic carbocycles. The smallest absolute Gasteiger partial charge is 0.287 e. The molecule has 0 aliphatic heterocycles. The average molecular weight is 297 g/mol. The standard InChI is InChI=1S/C17H15NO4/c1-11(9-12-5-4-8-21-12)18-17(20)16-10-14(19)13-6-2-3-7-15(13)22-16/h2-8,10-11H,9H2,1H3,(H,18,20)/t11-/m1/s1. The number of hydrogen-bond acceptors (Lipinski definition) is 4. The molecule has 0 spiro atoms. The number of para-hydroxylation sites is 1. The van der Waals surface area contributed by atoms with E-state index >= 15 is 0 Å². The molecule has 1 atom stereocenters. The lowest BCUT2D eigenvalue weighted by Gasteiger charge is -2.12. The summed E-state index contributed by atoms with van der Waals surface area (Å²) in [5.41, 5.74) is 0.171. The third kappa shape index (κ3) is 2.93. The molecule has 3 aromatic rings. The summed E-state index contributed by atoms with van der Waals surface area (Å²) in [6.45, 7) is 1.86. The molecule has 1 N–H and O–H groups in total. The predicted molar refractivity (Wildman–Crippen MR) is 81.8 cm³/mol. The van der Waals surface area contributed by atoms with Crippen LogP contribution < -0.4 is 10.7 Å². The molecule has 112 valence electrons. The zero-order valence-electron chi connectivity index (χ0n) is 12.0. The van der Waals surface area contributed by atoms with Gasteiger partial charge in [-0.3, -0.25) is 9.59 Å². The minimum atomic E-state index is -0.415. The largest absolute Gasteiger partial charge is 0.469 e. The number of hydrogen-bond donors (Lipinski definition) is 1. The summed E-state index contributed by atoms with van der Waals surface area (Å²) in [6.07, 6.45) is 2.16. The number of carbonyl (C=O) groups excluding carboxylic acids is 1. The van der Waals surface area contributed by atoms with Crippen LogP contribution in [0.15, 0.2) is 62.4 Å². The van der Waals surface area contributed by atoms with E-state index < -0.39 is 5.91 Å². The van der Waals surface area contributed by atoms with Gasteiger partial charge in [0.2, 0.25) is 0 Å². The molecular weight excluding hydrogens is 282 g/mol. The van der Waals surface area contributed by atoms with Gasteiger partial charge in [0.15, 0.2) is 11.2 Å². The highest BCUT2D eigenvalue weighted by atomic mass is 16.3. The molecule has 0 saturated heterocycles. The second-order valence-electron chi connectivity index (χ2n) is 5.13. The Morgan fingerprint density at radius 2 is 2.05 bits per heavy atom. The number of amides is 1. The van der Waals surface area contributed by atoms with Crippen molar-refractivity contribution >= 4 is 16.9 Å². The topological polar surface area (TPSA) is 72.5 Å². The van der Waals surface area contributed by atoms with Crippen molar-refractivity contribution in [2.24, 2.45) is 0 Å². The maximum atomic E-state index is 12.2. The van der Waals surface area contributed by atoms with Gasteiger partial charge in [0.25, 0.3) is 5.91 Å². The fourth-order valence-corrected chi connectivity index (χ4v) is 2.29. The van der Waals surface area contributed by atoms with Crippen LogP contribution in [0, 0.1) is 0 Å². The van der Waals surface area contributed by atoms with Crippen molar-refractivity contribution in [1.29, 1.82) is 0 Å². The molecule has 0 saturated carbocycles. The number of benzene rings is 1. The summed E-state index contributed by atoms with van der Waals surface area (Å²) in [7, 11) is 0. The molecule has 0 unspecified atom stereocenters. The highest BCUT2D eigenvalue weighted by Gasteiger charge is 2.15. The van der Waals surface area contributed by atoms with Crippen LogP contribution >= 0.6 is 0 Å². The third-order valence-corrected chi connectivity index (χ3v) is 3.32. The summed E-state index contributed by atoms with van der Waals surface area (Å²) in [6, 6.07) is 11.6. The third-order valence-electron chi connectivity index (χ3n) is 3.32. The van der Waals surface area contributed by atoms with Gasteiger partial charge < -0.3 is 14.2 Å². The van der Waals surface area contributed by atoms with Crippen LogP contribution in [0.5, 0.6) is 0 Å². The second kappa shape index (κ2) is 5.89. The van der Waals surface area contributed by atoms with Gasteiger partial charge in [0.1, 0.15) is 11.3 Å². The molecule has 2 heterocycles. The van der Waals surface area contributed by atoms with Crippen molar-refractivity contribution in [2.45, 2.75) is 19.4 Å². The summed E-state index contributed by atoms with van der Waals surface area (Å²) >= 11 is 0. The van der Waals surface area contributed by atoms with Crippen LogP contribution in [0.25, 0.3) is 11.0 Å². The maximum Gasteiger partial charge on any atom is 0.287 e. The zero-order chi connectivity index (χ0) is 15.5. The second-order valence-corrected chi connectivity index (χ2v) is 5.13.